The Morgan fingerprint density at radius 1 is 1.06 bits per heavy atom. The first-order valence-corrected chi connectivity index (χ1v) is 11.9. The summed E-state index contributed by atoms with van der Waals surface area (Å²) in [5.74, 6) is -0.939. The zero-order chi connectivity index (χ0) is 24.2. The molecule has 2 saturated heterocycles. The monoisotopic (exact) mass is 464 g/mol. The maximum atomic E-state index is 13.7. The summed E-state index contributed by atoms with van der Waals surface area (Å²) < 4.78 is 33.2. The molecule has 0 atom stereocenters. The lowest BCUT2D eigenvalue weighted by Gasteiger charge is -2.37. The molecule has 0 radical (unpaired) electrons. The Hall–Kier alpha value is -2.45. The standard InChI is InChI=1S/C23H32F2N4O2.C2H6/c24-21-2-1-3-22(25)20(21)16-31-19-7-12-29(13-8-19)23(30)18-5-10-28(11-6-18)15-17(14-27)4-9-26;1-2/h1-4,9,14,18-19H,5-8,10-13,15-16,26-27H2;1-2H3/b9-4-,17-14+;. The summed E-state index contributed by atoms with van der Waals surface area (Å²) in [6, 6.07) is 3.81. The first-order valence-electron chi connectivity index (χ1n) is 11.9. The van der Waals surface area contributed by atoms with E-state index in [0.717, 1.165) is 38.0 Å². The minimum absolute atomic E-state index is 0.0385. The third kappa shape index (κ3) is 7.82. The van der Waals surface area contributed by atoms with E-state index in [1.807, 2.05) is 18.7 Å². The van der Waals surface area contributed by atoms with E-state index in [4.69, 9.17) is 16.2 Å². The molecule has 0 aliphatic carbocycles. The molecular weight excluding hydrogens is 426 g/mol. The average molecular weight is 465 g/mol. The van der Waals surface area contributed by atoms with Gasteiger partial charge in [-0.2, -0.15) is 0 Å². The molecule has 2 aliphatic heterocycles. The molecule has 2 fully saturated rings. The molecule has 184 valence electrons. The van der Waals surface area contributed by atoms with E-state index in [-0.39, 0.29) is 30.1 Å². The van der Waals surface area contributed by atoms with Gasteiger partial charge in [0.05, 0.1) is 12.7 Å². The van der Waals surface area contributed by atoms with Gasteiger partial charge in [0.15, 0.2) is 0 Å². The molecule has 1 aromatic rings. The van der Waals surface area contributed by atoms with Gasteiger partial charge in [0.25, 0.3) is 0 Å². The van der Waals surface area contributed by atoms with Crippen molar-refractivity contribution < 1.29 is 18.3 Å². The van der Waals surface area contributed by atoms with Crippen molar-refractivity contribution in [2.45, 2.75) is 52.2 Å². The van der Waals surface area contributed by atoms with E-state index in [2.05, 4.69) is 4.90 Å². The van der Waals surface area contributed by atoms with Gasteiger partial charge in [-0.3, -0.25) is 9.69 Å². The molecule has 1 aromatic carbocycles. The molecule has 2 aliphatic rings. The van der Waals surface area contributed by atoms with Crippen molar-refractivity contribution in [3.05, 3.63) is 59.4 Å². The second-order valence-corrected chi connectivity index (χ2v) is 8.19. The zero-order valence-corrected chi connectivity index (χ0v) is 19.8. The Bertz CT molecular complexity index is 779. The Kier molecular flexibility index (Phi) is 11.3. The normalized spacial score (nSPS) is 18.9. The molecular formula is C25H38F2N4O2. The van der Waals surface area contributed by atoms with Crippen LogP contribution in [0.25, 0.3) is 0 Å². The van der Waals surface area contributed by atoms with Crippen LogP contribution in [-0.2, 0) is 16.1 Å². The third-order valence-electron chi connectivity index (χ3n) is 6.15. The van der Waals surface area contributed by atoms with Crippen LogP contribution in [-0.4, -0.2) is 54.5 Å². The van der Waals surface area contributed by atoms with Crippen molar-refractivity contribution >= 4 is 5.91 Å². The van der Waals surface area contributed by atoms with E-state index in [9.17, 15) is 13.6 Å². The lowest BCUT2D eigenvalue weighted by molar-refractivity contribution is -0.139. The van der Waals surface area contributed by atoms with Crippen molar-refractivity contribution in [1.29, 1.82) is 0 Å². The van der Waals surface area contributed by atoms with Gasteiger partial charge in [-0.15, -0.1) is 0 Å². The van der Waals surface area contributed by atoms with Gasteiger partial charge in [-0.25, -0.2) is 8.78 Å². The van der Waals surface area contributed by atoms with Crippen LogP contribution in [0, 0.1) is 17.6 Å². The highest BCUT2D eigenvalue weighted by atomic mass is 19.1. The SMILES string of the molecule is CC.N/C=C\C(=C/N)CN1CCC(C(=O)N2CCC(OCc3c(F)cccc3F)CC2)CC1. The maximum absolute atomic E-state index is 13.7. The van der Waals surface area contributed by atoms with Crippen molar-refractivity contribution in [2.24, 2.45) is 17.4 Å². The predicted molar refractivity (Wildman–Crippen MR) is 127 cm³/mol. The molecule has 0 saturated carbocycles. The highest BCUT2D eigenvalue weighted by molar-refractivity contribution is 5.79. The number of halogens is 2. The first-order chi connectivity index (χ1) is 16.0. The minimum Gasteiger partial charge on any atom is -0.405 e. The van der Waals surface area contributed by atoms with Gasteiger partial charge in [0, 0.05) is 31.1 Å². The molecule has 0 aromatic heterocycles. The average Bonchev–Trinajstić information content (AvgIpc) is 2.85. The van der Waals surface area contributed by atoms with Crippen LogP contribution in [0.15, 0.2) is 42.2 Å². The van der Waals surface area contributed by atoms with Crippen LogP contribution < -0.4 is 11.5 Å². The Morgan fingerprint density at radius 3 is 2.21 bits per heavy atom. The van der Waals surface area contributed by atoms with Crippen molar-refractivity contribution in [2.75, 3.05) is 32.7 Å². The predicted octanol–water partition coefficient (Wildman–Crippen LogP) is 3.53. The van der Waals surface area contributed by atoms with Crippen LogP contribution in [0.1, 0.15) is 45.1 Å². The lowest BCUT2D eigenvalue weighted by atomic mass is 9.93. The lowest BCUT2D eigenvalue weighted by Crippen LogP contribution is -2.46. The number of nitrogens with two attached hydrogens (primary N) is 2. The van der Waals surface area contributed by atoms with E-state index in [1.165, 1.54) is 24.4 Å². The smallest absolute Gasteiger partial charge is 0.225 e. The molecule has 2 heterocycles. The second kappa shape index (κ2) is 14.0. The molecule has 0 bridgehead atoms. The van der Waals surface area contributed by atoms with Gasteiger partial charge >= 0.3 is 0 Å². The number of hydrogen-bond donors (Lipinski definition) is 2. The van der Waals surface area contributed by atoms with Crippen LogP contribution in [0.2, 0.25) is 0 Å². The van der Waals surface area contributed by atoms with E-state index in [0.29, 0.717) is 25.9 Å². The number of piperidine rings is 2. The minimum atomic E-state index is -0.591. The molecule has 8 heteroatoms. The summed E-state index contributed by atoms with van der Waals surface area (Å²) in [6.07, 6.45) is 7.75. The molecule has 1 amide bonds. The fraction of sp³-hybridized carbons (Fsp3) is 0.560. The number of ether oxygens (including phenoxy) is 1. The zero-order valence-electron chi connectivity index (χ0n) is 19.8. The van der Waals surface area contributed by atoms with E-state index >= 15 is 0 Å². The largest absolute Gasteiger partial charge is 0.405 e. The Morgan fingerprint density at radius 2 is 1.67 bits per heavy atom. The van der Waals surface area contributed by atoms with E-state index < -0.39 is 11.6 Å². The first kappa shape index (κ1) is 26.8. The number of rotatable bonds is 7. The Balaban J connectivity index is 0.00000187. The highest BCUT2D eigenvalue weighted by Gasteiger charge is 2.31. The van der Waals surface area contributed by atoms with E-state index in [1.54, 1.807) is 12.3 Å². The summed E-state index contributed by atoms with van der Waals surface area (Å²) in [5.41, 5.74) is 12.0. The molecule has 0 unspecified atom stereocenters. The van der Waals surface area contributed by atoms with Crippen LogP contribution in [0.5, 0.6) is 0 Å². The topological polar surface area (TPSA) is 84.8 Å². The number of nitrogens with zero attached hydrogens (tertiary/aromatic N) is 2. The van der Waals surface area contributed by atoms with Gasteiger partial charge < -0.3 is 21.1 Å². The summed E-state index contributed by atoms with van der Waals surface area (Å²) in [7, 11) is 0. The van der Waals surface area contributed by atoms with Crippen LogP contribution >= 0.6 is 0 Å². The van der Waals surface area contributed by atoms with Gasteiger partial charge in [0.1, 0.15) is 11.6 Å². The fourth-order valence-corrected chi connectivity index (χ4v) is 4.25. The highest BCUT2D eigenvalue weighted by Crippen LogP contribution is 2.24. The fourth-order valence-electron chi connectivity index (χ4n) is 4.25. The summed E-state index contributed by atoms with van der Waals surface area (Å²) in [4.78, 5) is 17.1. The number of amides is 1. The molecule has 6 nitrogen and oxygen atoms in total. The third-order valence-corrected chi connectivity index (χ3v) is 6.15. The second-order valence-electron chi connectivity index (χ2n) is 8.19. The van der Waals surface area contributed by atoms with Crippen molar-refractivity contribution in [3.8, 4) is 0 Å². The van der Waals surface area contributed by atoms with Gasteiger partial charge in [-0.1, -0.05) is 19.9 Å². The number of hydrogen-bond acceptors (Lipinski definition) is 5. The summed E-state index contributed by atoms with van der Waals surface area (Å²) in [6.45, 7) is 7.57. The summed E-state index contributed by atoms with van der Waals surface area (Å²) in [5, 5.41) is 0. The van der Waals surface area contributed by atoms with Crippen molar-refractivity contribution in [3.63, 3.8) is 0 Å². The number of likely N-dealkylation sites (tertiary alicyclic amines) is 2. The molecule has 3 rings (SSSR count). The van der Waals surface area contributed by atoms with Gasteiger partial charge in [-0.05, 0) is 75.0 Å². The van der Waals surface area contributed by atoms with Gasteiger partial charge in [0.2, 0.25) is 5.91 Å². The number of carbonyl (C=O) groups is 1. The number of carbonyl (C=O) groups excluding carboxylic acids is 1. The van der Waals surface area contributed by atoms with Crippen LogP contribution in [0.3, 0.4) is 0 Å². The molecule has 0 spiro atoms. The molecule has 33 heavy (non-hydrogen) atoms. The Labute approximate surface area is 196 Å². The van der Waals surface area contributed by atoms with Crippen molar-refractivity contribution in [1.82, 2.24) is 9.80 Å². The number of benzene rings is 1. The maximum Gasteiger partial charge on any atom is 0.225 e. The van der Waals surface area contributed by atoms with Crippen LogP contribution in [0.4, 0.5) is 8.78 Å². The molecule has 4 N–H and O–H groups in total. The summed E-state index contributed by atoms with van der Waals surface area (Å²) >= 11 is 0. The quantitative estimate of drug-likeness (QED) is 0.603.